The van der Waals surface area contributed by atoms with Crippen LogP contribution in [-0.2, 0) is 20.7 Å². The number of H-pyrrole nitrogens is 1. The van der Waals surface area contributed by atoms with Gasteiger partial charge in [-0.05, 0) is 19.9 Å². The summed E-state index contributed by atoms with van der Waals surface area (Å²) in [6, 6.07) is 7.06. The van der Waals surface area contributed by atoms with Gasteiger partial charge < -0.3 is 9.47 Å². The molecule has 0 saturated carbocycles. The molecular formula is C17H18N4O4. The number of aromatic nitrogens is 3. The summed E-state index contributed by atoms with van der Waals surface area (Å²) in [5, 5.41) is 11.5. The summed E-state index contributed by atoms with van der Waals surface area (Å²) in [6.07, 6.45) is -0.140. The van der Waals surface area contributed by atoms with E-state index in [0.29, 0.717) is 22.1 Å². The number of carbonyl (C=O) groups is 2. The summed E-state index contributed by atoms with van der Waals surface area (Å²) in [4.78, 5) is 28.7. The number of nitrogens with one attached hydrogen (secondary N) is 2. The number of hydrogen-bond acceptors (Lipinski definition) is 6. The first-order valence-electron chi connectivity index (χ1n) is 7.96. The molecule has 0 atom stereocenters. The van der Waals surface area contributed by atoms with Crippen LogP contribution in [-0.4, -0.2) is 39.8 Å². The monoisotopic (exact) mass is 342 g/mol. The van der Waals surface area contributed by atoms with Gasteiger partial charge >= 0.3 is 11.9 Å². The summed E-state index contributed by atoms with van der Waals surface area (Å²) in [6.45, 7) is 3.88. The van der Waals surface area contributed by atoms with E-state index in [4.69, 9.17) is 14.9 Å². The van der Waals surface area contributed by atoms with Crippen molar-refractivity contribution in [2.45, 2.75) is 20.3 Å². The van der Waals surface area contributed by atoms with Gasteiger partial charge in [0.2, 0.25) is 5.62 Å². The molecule has 130 valence electrons. The van der Waals surface area contributed by atoms with Crippen molar-refractivity contribution >= 4 is 28.4 Å². The lowest BCUT2D eigenvalue weighted by Crippen LogP contribution is -2.21. The lowest BCUT2D eigenvalue weighted by Gasteiger charge is -2.12. The first-order valence-corrected chi connectivity index (χ1v) is 7.96. The van der Waals surface area contributed by atoms with Crippen molar-refractivity contribution in [3.05, 3.63) is 41.1 Å². The SMILES string of the molecule is CCOC(=O)Cc1[nH]n2c(=N)nc3ccccc(c1C(=O)OCC)c32. The summed E-state index contributed by atoms with van der Waals surface area (Å²) in [5.74, 6) is -1.01. The van der Waals surface area contributed by atoms with E-state index in [0.717, 1.165) is 0 Å². The zero-order valence-corrected chi connectivity index (χ0v) is 14.0. The maximum Gasteiger partial charge on any atom is 0.340 e. The molecule has 0 aliphatic heterocycles. The number of aromatic amines is 1. The van der Waals surface area contributed by atoms with Gasteiger partial charge in [0.25, 0.3) is 0 Å². The maximum atomic E-state index is 12.6. The minimum absolute atomic E-state index is 0.0216. The third-order valence-corrected chi connectivity index (χ3v) is 3.71. The summed E-state index contributed by atoms with van der Waals surface area (Å²) in [7, 11) is 0. The van der Waals surface area contributed by atoms with Gasteiger partial charge in [-0.1, -0.05) is 18.2 Å². The number of esters is 2. The zero-order valence-electron chi connectivity index (χ0n) is 14.0. The second kappa shape index (κ2) is 6.76. The fraction of sp³-hybridized carbons (Fsp3) is 0.294. The molecule has 3 rings (SSSR count). The number of imidazole rings is 1. The van der Waals surface area contributed by atoms with E-state index in [1.165, 1.54) is 4.52 Å². The van der Waals surface area contributed by atoms with Gasteiger partial charge in [-0.15, -0.1) is 0 Å². The highest BCUT2D eigenvalue weighted by molar-refractivity contribution is 6.08. The van der Waals surface area contributed by atoms with Crippen LogP contribution in [0.3, 0.4) is 0 Å². The molecule has 0 bridgehead atoms. The molecule has 8 nitrogen and oxygen atoms in total. The molecular weight excluding hydrogens is 324 g/mol. The highest BCUT2D eigenvalue weighted by atomic mass is 16.5. The predicted molar refractivity (Wildman–Crippen MR) is 89.2 cm³/mol. The summed E-state index contributed by atoms with van der Waals surface area (Å²) >= 11 is 0. The van der Waals surface area contributed by atoms with Crippen molar-refractivity contribution in [2.24, 2.45) is 0 Å². The maximum absolute atomic E-state index is 12.6. The van der Waals surface area contributed by atoms with Crippen LogP contribution >= 0.6 is 0 Å². The average molecular weight is 342 g/mol. The van der Waals surface area contributed by atoms with Gasteiger partial charge in [-0.3, -0.25) is 15.3 Å². The van der Waals surface area contributed by atoms with Gasteiger partial charge in [-0.2, -0.15) is 0 Å². The van der Waals surface area contributed by atoms with Crippen molar-refractivity contribution in [3.63, 3.8) is 0 Å². The predicted octanol–water partition coefficient (Wildman–Crippen LogP) is 1.58. The Hall–Kier alpha value is -3.16. The zero-order chi connectivity index (χ0) is 18.0. The summed E-state index contributed by atoms with van der Waals surface area (Å²) < 4.78 is 11.6. The number of hydrogen-bond donors (Lipinski definition) is 2. The van der Waals surface area contributed by atoms with Crippen molar-refractivity contribution in [2.75, 3.05) is 13.2 Å². The first-order chi connectivity index (χ1) is 12.1. The van der Waals surface area contributed by atoms with E-state index < -0.39 is 11.9 Å². The van der Waals surface area contributed by atoms with Crippen LogP contribution in [0.4, 0.5) is 0 Å². The second-order valence-corrected chi connectivity index (χ2v) is 5.30. The van der Waals surface area contributed by atoms with Gasteiger partial charge in [0.15, 0.2) is 0 Å². The van der Waals surface area contributed by atoms with Crippen LogP contribution in [0.2, 0.25) is 0 Å². The highest BCUT2D eigenvalue weighted by Crippen LogP contribution is 2.24. The van der Waals surface area contributed by atoms with Crippen LogP contribution in [0.15, 0.2) is 24.3 Å². The quantitative estimate of drug-likeness (QED) is 0.684. The molecule has 0 saturated heterocycles. The fourth-order valence-electron chi connectivity index (χ4n) is 2.77. The van der Waals surface area contributed by atoms with Crippen molar-refractivity contribution in [3.8, 4) is 0 Å². The molecule has 25 heavy (non-hydrogen) atoms. The number of ether oxygens (including phenoxy) is 2. The third-order valence-electron chi connectivity index (χ3n) is 3.71. The van der Waals surface area contributed by atoms with E-state index in [-0.39, 0.29) is 30.8 Å². The molecule has 2 heterocycles. The van der Waals surface area contributed by atoms with Crippen molar-refractivity contribution in [1.29, 1.82) is 5.41 Å². The first kappa shape index (κ1) is 16.7. The lowest BCUT2D eigenvalue weighted by atomic mass is 10.1. The smallest absolute Gasteiger partial charge is 0.340 e. The Balaban J connectivity index is 2.35. The standard InChI is InChI=1S/C17H18N4O4/c1-3-24-13(22)9-12-14(16(23)25-4-2)10-7-5-6-8-11-15(10)21(20-12)17(18)19-11/h5-8,18,20H,3-4,9H2,1-2H3. The van der Waals surface area contributed by atoms with Crippen molar-refractivity contribution < 1.29 is 19.1 Å². The molecule has 0 radical (unpaired) electrons. The molecule has 2 aromatic heterocycles. The van der Waals surface area contributed by atoms with Crippen LogP contribution in [0.25, 0.3) is 16.4 Å². The molecule has 0 aliphatic carbocycles. The van der Waals surface area contributed by atoms with E-state index >= 15 is 0 Å². The van der Waals surface area contributed by atoms with E-state index in [1.807, 2.05) is 0 Å². The molecule has 8 heteroatoms. The Kier molecular flexibility index (Phi) is 4.51. The van der Waals surface area contributed by atoms with Crippen LogP contribution in [0.1, 0.15) is 29.9 Å². The number of rotatable bonds is 5. The molecule has 3 aromatic rings. The molecule has 2 N–H and O–H groups in total. The van der Waals surface area contributed by atoms with Crippen LogP contribution in [0.5, 0.6) is 0 Å². The molecule has 0 amide bonds. The van der Waals surface area contributed by atoms with E-state index in [1.54, 1.807) is 38.1 Å². The third kappa shape index (κ3) is 2.98. The van der Waals surface area contributed by atoms with E-state index in [9.17, 15) is 9.59 Å². The van der Waals surface area contributed by atoms with Gasteiger partial charge in [0.05, 0.1) is 36.4 Å². The lowest BCUT2D eigenvalue weighted by molar-refractivity contribution is -0.142. The minimum Gasteiger partial charge on any atom is -0.466 e. The van der Waals surface area contributed by atoms with E-state index in [2.05, 4.69) is 10.1 Å². The largest absolute Gasteiger partial charge is 0.466 e. The normalized spacial score (nSPS) is 11.0. The van der Waals surface area contributed by atoms with Crippen LogP contribution < -0.4 is 5.62 Å². The molecule has 0 spiro atoms. The number of nitrogens with zero attached hydrogens (tertiary/aromatic N) is 2. The van der Waals surface area contributed by atoms with Gasteiger partial charge in [0, 0.05) is 5.39 Å². The topological polar surface area (TPSA) is 110 Å². The second-order valence-electron chi connectivity index (χ2n) is 5.30. The Labute approximate surface area is 142 Å². The highest BCUT2D eigenvalue weighted by Gasteiger charge is 2.22. The summed E-state index contributed by atoms with van der Waals surface area (Å²) in [5.41, 5.74) is 1.71. The minimum atomic E-state index is -0.541. The Morgan fingerprint density at radius 1 is 1.20 bits per heavy atom. The van der Waals surface area contributed by atoms with Crippen LogP contribution in [0, 0.1) is 5.41 Å². The molecule has 0 aliphatic rings. The van der Waals surface area contributed by atoms with Crippen molar-refractivity contribution in [1.82, 2.24) is 14.6 Å². The Morgan fingerprint density at radius 3 is 2.64 bits per heavy atom. The molecule has 1 aromatic carbocycles. The fourth-order valence-corrected chi connectivity index (χ4v) is 2.77. The van der Waals surface area contributed by atoms with Gasteiger partial charge in [-0.25, -0.2) is 14.3 Å². The average Bonchev–Trinajstić information content (AvgIpc) is 2.74. The Bertz CT molecular complexity index is 1020. The number of carbonyl (C=O) groups excluding carboxylic acids is 2. The van der Waals surface area contributed by atoms with Gasteiger partial charge in [0.1, 0.15) is 5.52 Å². The molecule has 0 fully saturated rings. The Morgan fingerprint density at radius 2 is 1.92 bits per heavy atom. The molecule has 0 unspecified atom stereocenters.